The fourth-order valence-electron chi connectivity index (χ4n) is 2.11. The van der Waals surface area contributed by atoms with E-state index in [4.69, 9.17) is 20.1 Å². The number of nitrogens with two attached hydrogens (primary N) is 1. The zero-order chi connectivity index (χ0) is 20.3. The fraction of sp³-hybridized carbons (Fsp3) is 0.133. The lowest BCUT2D eigenvalue weighted by molar-refractivity contribution is 0.116. The highest BCUT2D eigenvalue weighted by atomic mass is 19.3. The van der Waals surface area contributed by atoms with Crippen molar-refractivity contribution in [2.45, 2.75) is 12.5 Å². The molecule has 0 fully saturated rings. The number of halogens is 4. The van der Waals surface area contributed by atoms with Crippen molar-refractivity contribution in [1.82, 2.24) is 20.2 Å². The van der Waals surface area contributed by atoms with E-state index in [2.05, 4.69) is 25.3 Å². The molecule has 2 heterocycles. The Bertz CT molecular complexity index is 975. The van der Waals surface area contributed by atoms with Crippen molar-refractivity contribution < 1.29 is 31.9 Å². The van der Waals surface area contributed by atoms with Gasteiger partial charge in [-0.15, -0.1) is 10.2 Å². The minimum absolute atomic E-state index is 0.0872. The second-order valence-corrected chi connectivity index (χ2v) is 5.16. The van der Waals surface area contributed by atoms with E-state index >= 15 is 0 Å². The topological polar surface area (TPSA) is 133 Å². The van der Waals surface area contributed by atoms with Crippen LogP contribution in [0.3, 0.4) is 0 Å². The fourth-order valence-corrected chi connectivity index (χ4v) is 2.11. The average Bonchev–Trinajstić information content (AvgIpc) is 3.17. The molecule has 0 aliphatic heterocycles. The van der Waals surface area contributed by atoms with E-state index in [1.807, 2.05) is 0 Å². The van der Waals surface area contributed by atoms with Gasteiger partial charge in [0, 0.05) is 12.4 Å². The molecule has 0 saturated heterocycles. The summed E-state index contributed by atoms with van der Waals surface area (Å²) < 4.78 is 63.0. The minimum atomic E-state index is -2.94. The van der Waals surface area contributed by atoms with Crippen LogP contribution < -0.4 is 10.5 Å². The van der Waals surface area contributed by atoms with Crippen LogP contribution in [-0.4, -0.2) is 31.2 Å². The van der Waals surface area contributed by atoms with Crippen molar-refractivity contribution in [3.05, 3.63) is 53.7 Å². The van der Waals surface area contributed by atoms with Gasteiger partial charge in [0.15, 0.2) is 11.9 Å². The molecule has 0 saturated carbocycles. The largest absolute Gasteiger partial charge is 0.447 e. The van der Waals surface area contributed by atoms with Gasteiger partial charge in [0.25, 0.3) is 11.8 Å². The highest BCUT2D eigenvalue weighted by Crippen LogP contribution is 2.26. The first-order chi connectivity index (χ1) is 13.4. The molecule has 146 valence electrons. The lowest BCUT2D eigenvalue weighted by Gasteiger charge is -2.17. The number of nitrogens with zero attached hydrogens (tertiary/aromatic N) is 5. The Labute approximate surface area is 153 Å². The van der Waals surface area contributed by atoms with E-state index in [1.165, 1.54) is 0 Å². The van der Waals surface area contributed by atoms with Crippen LogP contribution in [0.4, 0.5) is 17.6 Å². The summed E-state index contributed by atoms with van der Waals surface area (Å²) >= 11 is 0. The summed E-state index contributed by atoms with van der Waals surface area (Å²) in [7, 11) is 0. The lowest BCUT2D eigenvalue weighted by atomic mass is 10.1. The zero-order valence-electron chi connectivity index (χ0n) is 13.6. The van der Waals surface area contributed by atoms with Gasteiger partial charge in [-0.25, -0.2) is 18.7 Å². The summed E-state index contributed by atoms with van der Waals surface area (Å²) in [5.41, 5.74) is 4.93. The van der Waals surface area contributed by atoms with Crippen molar-refractivity contribution in [1.29, 1.82) is 0 Å². The first-order valence-electron chi connectivity index (χ1n) is 7.42. The van der Waals surface area contributed by atoms with Crippen LogP contribution in [0.15, 0.2) is 40.2 Å². The summed E-state index contributed by atoms with van der Waals surface area (Å²) in [4.78, 5) is 7.53. The SMILES string of the molecule is N/C(=N\O)C(Oc1ncc(-c2nnc(C(F)F)o2)cn1)c1c(F)cccc1F. The van der Waals surface area contributed by atoms with Crippen LogP contribution in [0.2, 0.25) is 0 Å². The minimum Gasteiger partial charge on any atom is -0.447 e. The van der Waals surface area contributed by atoms with Crippen LogP contribution >= 0.6 is 0 Å². The summed E-state index contributed by atoms with van der Waals surface area (Å²) in [5, 5.41) is 18.2. The average molecular weight is 398 g/mol. The molecule has 0 aliphatic carbocycles. The molecule has 13 heteroatoms. The maximum absolute atomic E-state index is 14.0. The maximum atomic E-state index is 14.0. The van der Waals surface area contributed by atoms with Gasteiger partial charge in [0.05, 0.1) is 11.1 Å². The van der Waals surface area contributed by atoms with Crippen LogP contribution in [0, 0.1) is 11.6 Å². The van der Waals surface area contributed by atoms with E-state index in [9.17, 15) is 17.6 Å². The van der Waals surface area contributed by atoms with Gasteiger partial charge in [-0.2, -0.15) is 8.78 Å². The second-order valence-electron chi connectivity index (χ2n) is 5.16. The number of hydrogen-bond acceptors (Lipinski definition) is 8. The molecule has 3 rings (SSSR count). The molecular weight excluding hydrogens is 388 g/mol. The van der Waals surface area contributed by atoms with Gasteiger partial charge < -0.3 is 20.1 Å². The molecule has 0 spiro atoms. The highest BCUT2D eigenvalue weighted by Gasteiger charge is 2.27. The molecule has 9 nitrogen and oxygen atoms in total. The number of ether oxygens (including phenoxy) is 1. The van der Waals surface area contributed by atoms with Gasteiger partial charge >= 0.3 is 12.4 Å². The predicted octanol–water partition coefficient (Wildman–Crippen LogP) is 2.61. The molecular formula is C15H10F4N6O3. The Morgan fingerprint density at radius 3 is 2.32 bits per heavy atom. The predicted molar refractivity (Wildman–Crippen MR) is 83.4 cm³/mol. The number of aromatic nitrogens is 4. The van der Waals surface area contributed by atoms with Gasteiger partial charge in [-0.05, 0) is 12.1 Å². The molecule has 0 radical (unpaired) electrons. The first-order valence-corrected chi connectivity index (χ1v) is 7.42. The first kappa shape index (κ1) is 19.0. The highest BCUT2D eigenvalue weighted by molar-refractivity contribution is 5.86. The van der Waals surface area contributed by atoms with Crippen LogP contribution in [0.1, 0.15) is 24.0 Å². The molecule has 3 N–H and O–H groups in total. The number of alkyl halides is 2. The number of rotatable bonds is 6. The van der Waals surface area contributed by atoms with Crippen LogP contribution in [0.5, 0.6) is 6.01 Å². The Balaban J connectivity index is 1.87. The quantitative estimate of drug-likeness (QED) is 0.213. The molecule has 1 unspecified atom stereocenters. The smallest absolute Gasteiger partial charge is 0.317 e. The van der Waals surface area contributed by atoms with Crippen molar-refractivity contribution in [3.8, 4) is 17.5 Å². The van der Waals surface area contributed by atoms with E-state index in [1.54, 1.807) is 0 Å². The molecule has 1 atom stereocenters. The third-order valence-corrected chi connectivity index (χ3v) is 3.37. The lowest BCUT2D eigenvalue weighted by Crippen LogP contribution is -2.29. The maximum Gasteiger partial charge on any atom is 0.317 e. The van der Waals surface area contributed by atoms with Crippen molar-refractivity contribution >= 4 is 5.84 Å². The molecule has 3 aromatic rings. The molecule has 2 aromatic heterocycles. The van der Waals surface area contributed by atoms with Crippen molar-refractivity contribution in [3.63, 3.8) is 0 Å². The molecule has 0 amide bonds. The third kappa shape index (κ3) is 3.82. The van der Waals surface area contributed by atoms with E-state index in [0.717, 1.165) is 30.6 Å². The van der Waals surface area contributed by atoms with E-state index < -0.39 is 47.5 Å². The van der Waals surface area contributed by atoms with Gasteiger partial charge in [-0.3, -0.25) is 0 Å². The molecule has 28 heavy (non-hydrogen) atoms. The van der Waals surface area contributed by atoms with Crippen molar-refractivity contribution in [2.24, 2.45) is 10.9 Å². The molecule has 0 bridgehead atoms. The zero-order valence-corrected chi connectivity index (χ0v) is 13.6. The normalized spacial score (nSPS) is 13.0. The summed E-state index contributed by atoms with van der Waals surface area (Å²) in [6, 6.07) is 2.64. The van der Waals surface area contributed by atoms with E-state index in [-0.39, 0.29) is 11.5 Å². The summed E-state index contributed by atoms with van der Waals surface area (Å²) in [6.07, 6.45) is -2.44. The Morgan fingerprint density at radius 1 is 1.14 bits per heavy atom. The number of oxime groups is 1. The van der Waals surface area contributed by atoms with Crippen molar-refractivity contribution in [2.75, 3.05) is 0 Å². The number of hydrogen-bond donors (Lipinski definition) is 2. The summed E-state index contributed by atoms with van der Waals surface area (Å²) in [6.45, 7) is 0. The molecule has 1 aromatic carbocycles. The Hall–Kier alpha value is -3.77. The second kappa shape index (κ2) is 7.85. The molecule has 0 aliphatic rings. The summed E-state index contributed by atoms with van der Waals surface area (Å²) in [5.74, 6) is -3.81. The Kier molecular flexibility index (Phi) is 5.33. The van der Waals surface area contributed by atoms with Crippen LogP contribution in [-0.2, 0) is 0 Å². The van der Waals surface area contributed by atoms with Gasteiger partial charge in [-0.1, -0.05) is 11.2 Å². The van der Waals surface area contributed by atoms with Gasteiger partial charge in [0.1, 0.15) is 11.6 Å². The monoisotopic (exact) mass is 398 g/mol. The van der Waals surface area contributed by atoms with Crippen LogP contribution in [0.25, 0.3) is 11.5 Å². The standard InChI is InChI=1S/C15H10F4N6O3/c16-7-2-1-3-8(17)9(7)10(12(20)25-26)27-15-21-4-6(5-22-15)13-23-24-14(28-13)11(18)19/h1-5,10-11,26H,(H2,20,25). The number of benzene rings is 1. The Morgan fingerprint density at radius 2 is 1.79 bits per heavy atom. The van der Waals surface area contributed by atoms with Gasteiger partial charge in [0.2, 0.25) is 0 Å². The van der Waals surface area contributed by atoms with E-state index in [0.29, 0.717) is 0 Å². The number of amidine groups is 1. The third-order valence-electron chi connectivity index (χ3n) is 3.37.